The lowest BCUT2D eigenvalue weighted by molar-refractivity contribution is -0.140. The molecule has 18 heavy (non-hydrogen) atoms. The molecule has 98 valence electrons. The largest absolute Gasteiger partial charge is 0.469 e. The summed E-state index contributed by atoms with van der Waals surface area (Å²) in [7, 11) is 1.36. The number of hydrogen-bond donors (Lipinski definition) is 0. The van der Waals surface area contributed by atoms with E-state index in [0.29, 0.717) is 19.3 Å². The van der Waals surface area contributed by atoms with Gasteiger partial charge in [0.25, 0.3) is 0 Å². The molecule has 0 radical (unpaired) electrons. The number of ether oxygens (including phenoxy) is 1. The summed E-state index contributed by atoms with van der Waals surface area (Å²) in [6.45, 7) is 1.97. The van der Waals surface area contributed by atoms with E-state index in [-0.39, 0.29) is 11.8 Å². The predicted molar refractivity (Wildman–Crippen MR) is 73.2 cm³/mol. The summed E-state index contributed by atoms with van der Waals surface area (Å²) in [4.78, 5) is 24.0. The summed E-state index contributed by atoms with van der Waals surface area (Å²) in [5.74, 6) is -0.177. The predicted octanol–water partition coefficient (Wildman–Crippen LogP) is 3.24. The van der Waals surface area contributed by atoms with Crippen LogP contribution in [-0.2, 0) is 9.53 Å². The zero-order chi connectivity index (χ0) is 13.5. The van der Waals surface area contributed by atoms with Crippen molar-refractivity contribution < 1.29 is 14.3 Å². The van der Waals surface area contributed by atoms with Gasteiger partial charge in [0.1, 0.15) is 0 Å². The van der Waals surface area contributed by atoms with Gasteiger partial charge in [-0.3, -0.25) is 9.59 Å². The van der Waals surface area contributed by atoms with Crippen molar-refractivity contribution in [1.29, 1.82) is 0 Å². The van der Waals surface area contributed by atoms with Gasteiger partial charge in [0.2, 0.25) is 0 Å². The Morgan fingerprint density at radius 1 is 1.28 bits per heavy atom. The van der Waals surface area contributed by atoms with Crippen LogP contribution in [0.25, 0.3) is 0 Å². The highest BCUT2D eigenvalue weighted by Gasteiger charge is 2.12. The third kappa shape index (κ3) is 4.18. The van der Waals surface area contributed by atoms with Crippen molar-refractivity contribution in [3.05, 3.63) is 29.3 Å². The number of carbonyl (C=O) groups is 2. The number of ketones is 1. The summed E-state index contributed by atoms with van der Waals surface area (Å²) in [5, 5.41) is 0. The number of carbonyl (C=O) groups excluding carboxylic acids is 2. The molecule has 1 aromatic carbocycles. The van der Waals surface area contributed by atoms with Gasteiger partial charge in [-0.15, -0.1) is 11.8 Å². The summed E-state index contributed by atoms with van der Waals surface area (Å²) in [5.41, 5.74) is 1.83. The van der Waals surface area contributed by atoms with E-state index < -0.39 is 0 Å². The van der Waals surface area contributed by atoms with Gasteiger partial charge in [-0.05, 0) is 31.7 Å². The topological polar surface area (TPSA) is 43.4 Å². The van der Waals surface area contributed by atoms with Crippen LogP contribution < -0.4 is 0 Å². The molecule has 4 heteroatoms. The minimum atomic E-state index is -0.267. The fourth-order valence-electron chi connectivity index (χ4n) is 1.67. The number of hydrogen-bond acceptors (Lipinski definition) is 4. The van der Waals surface area contributed by atoms with Crippen LogP contribution in [0, 0.1) is 6.92 Å². The summed E-state index contributed by atoms with van der Waals surface area (Å²) < 4.78 is 4.55. The van der Waals surface area contributed by atoms with Crippen LogP contribution in [0.5, 0.6) is 0 Å². The maximum Gasteiger partial charge on any atom is 0.305 e. The third-order valence-electron chi connectivity index (χ3n) is 2.67. The van der Waals surface area contributed by atoms with E-state index in [1.54, 1.807) is 11.8 Å². The molecule has 0 heterocycles. The van der Waals surface area contributed by atoms with Gasteiger partial charge < -0.3 is 4.74 Å². The average Bonchev–Trinajstić information content (AvgIpc) is 2.38. The van der Waals surface area contributed by atoms with E-state index in [1.807, 2.05) is 31.4 Å². The quantitative estimate of drug-likeness (QED) is 0.450. The van der Waals surface area contributed by atoms with E-state index in [4.69, 9.17) is 0 Å². The number of methoxy groups -OCH3 is 1. The second-order valence-corrected chi connectivity index (χ2v) is 4.90. The van der Waals surface area contributed by atoms with Crippen molar-refractivity contribution in [2.75, 3.05) is 13.4 Å². The molecule has 0 aliphatic heterocycles. The van der Waals surface area contributed by atoms with E-state index in [9.17, 15) is 9.59 Å². The molecular formula is C14H18O3S. The van der Waals surface area contributed by atoms with Crippen LogP contribution >= 0.6 is 11.8 Å². The summed E-state index contributed by atoms with van der Waals surface area (Å²) in [6.07, 6.45) is 3.16. The third-order valence-corrected chi connectivity index (χ3v) is 3.46. The molecule has 0 atom stereocenters. The van der Waals surface area contributed by atoms with E-state index in [0.717, 1.165) is 16.0 Å². The van der Waals surface area contributed by atoms with Gasteiger partial charge in [0.05, 0.1) is 7.11 Å². The fraction of sp³-hybridized carbons (Fsp3) is 0.429. The highest BCUT2D eigenvalue weighted by Crippen LogP contribution is 2.23. The van der Waals surface area contributed by atoms with Gasteiger partial charge >= 0.3 is 5.97 Å². The zero-order valence-corrected chi connectivity index (χ0v) is 11.8. The number of aryl methyl sites for hydroxylation is 1. The van der Waals surface area contributed by atoms with Gasteiger partial charge in [-0.2, -0.15) is 0 Å². The molecule has 1 rings (SSSR count). The summed E-state index contributed by atoms with van der Waals surface area (Å²) in [6, 6.07) is 5.87. The molecule has 0 amide bonds. The van der Waals surface area contributed by atoms with E-state index in [1.165, 1.54) is 7.11 Å². The molecule has 0 aliphatic rings. The smallest absolute Gasteiger partial charge is 0.305 e. The Labute approximate surface area is 112 Å². The Bertz CT molecular complexity index is 441. The molecule has 1 aromatic rings. The van der Waals surface area contributed by atoms with Gasteiger partial charge in [-0.25, -0.2) is 0 Å². The monoisotopic (exact) mass is 266 g/mol. The van der Waals surface area contributed by atoms with Gasteiger partial charge in [-0.1, -0.05) is 11.6 Å². The number of thioether (sulfide) groups is 1. The average molecular weight is 266 g/mol. The Morgan fingerprint density at radius 3 is 2.61 bits per heavy atom. The van der Waals surface area contributed by atoms with Crippen LogP contribution in [0.4, 0.5) is 0 Å². The van der Waals surface area contributed by atoms with Crippen molar-refractivity contribution in [3.8, 4) is 0 Å². The molecular weight excluding hydrogens is 248 g/mol. The van der Waals surface area contributed by atoms with Crippen LogP contribution in [-0.4, -0.2) is 25.1 Å². The number of rotatable bonds is 6. The molecule has 0 aromatic heterocycles. The first kappa shape index (κ1) is 14.8. The molecule has 0 fully saturated rings. The maximum atomic E-state index is 12.1. The van der Waals surface area contributed by atoms with E-state index >= 15 is 0 Å². The van der Waals surface area contributed by atoms with Crippen LogP contribution in [0.3, 0.4) is 0 Å². The second kappa shape index (κ2) is 7.21. The van der Waals surface area contributed by atoms with Crippen molar-refractivity contribution in [2.24, 2.45) is 0 Å². The minimum absolute atomic E-state index is 0.0898. The molecule has 0 spiro atoms. The van der Waals surface area contributed by atoms with Crippen LogP contribution in [0.2, 0.25) is 0 Å². The minimum Gasteiger partial charge on any atom is -0.469 e. The molecule has 0 saturated heterocycles. The standard InChI is InChI=1S/C14H18O3S/c1-10-7-8-13(18-3)11(9-10)12(15)5-4-6-14(16)17-2/h7-9H,4-6H2,1-3H3. The fourth-order valence-corrected chi connectivity index (χ4v) is 2.27. The summed E-state index contributed by atoms with van der Waals surface area (Å²) >= 11 is 1.56. The Hall–Kier alpha value is -1.29. The maximum absolute atomic E-state index is 12.1. The van der Waals surface area contributed by atoms with Crippen LogP contribution in [0.15, 0.2) is 23.1 Å². The molecule has 0 unspecified atom stereocenters. The van der Waals surface area contributed by atoms with Crippen molar-refractivity contribution in [3.63, 3.8) is 0 Å². The molecule has 3 nitrogen and oxygen atoms in total. The Morgan fingerprint density at radius 2 is 2.00 bits per heavy atom. The van der Waals surface area contributed by atoms with E-state index in [2.05, 4.69) is 4.74 Å². The normalized spacial score (nSPS) is 10.2. The van der Waals surface area contributed by atoms with Gasteiger partial charge in [0.15, 0.2) is 5.78 Å². The lowest BCUT2D eigenvalue weighted by Gasteiger charge is -2.07. The number of benzene rings is 1. The Balaban J connectivity index is 2.66. The first-order valence-corrected chi connectivity index (χ1v) is 7.05. The Kier molecular flexibility index (Phi) is 5.92. The molecule has 0 N–H and O–H groups in total. The van der Waals surface area contributed by atoms with Crippen LogP contribution in [0.1, 0.15) is 35.2 Å². The SMILES string of the molecule is COC(=O)CCCC(=O)c1cc(C)ccc1SC. The zero-order valence-electron chi connectivity index (χ0n) is 11.0. The first-order chi connectivity index (χ1) is 8.58. The lowest BCUT2D eigenvalue weighted by Crippen LogP contribution is -2.05. The highest BCUT2D eigenvalue weighted by molar-refractivity contribution is 7.98. The van der Waals surface area contributed by atoms with Gasteiger partial charge in [0, 0.05) is 23.3 Å². The molecule has 0 aliphatic carbocycles. The van der Waals surface area contributed by atoms with Crippen molar-refractivity contribution in [2.45, 2.75) is 31.1 Å². The number of esters is 1. The van der Waals surface area contributed by atoms with Crippen molar-refractivity contribution >= 4 is 23.5 Å². The first-order valence-electron chi connectivity index (χ1n) is 5.83. The number of Topliss-reactive ketones (excluding diaryl/α,β-unsaturated/α-hetero) is 1. The molecule has 0 bridgehead atoms. The lowest BCUT2D eigenvalue weighted by atomic mass is 10.0. The van der Waals surface area contributed by atoms with Crippen molar-refractivity contribution in [1.82, 2.24) is 0 Å². The second-order valence-electron chi connectivity index (χ2n) is 4.06. The molecule has 0 saturated carbocycles. The highest BCUT2D eigenvalue weighted by atomic mass is 32.2.